The van der Waals surface area contributed by atoms with E-state index >= 15 is 0 Å². The lowest BCUT2D eigenvalue weighted by Crippen LogP contribution is -2.26. The molecule has 0 atom stereocenters. The van der Waals surface area contributed by atoms with Crippen molar-refractivity contribution in [2.45, 2.75) is 0 Å². The largest absolute Gasteiger partial charge is 0.493 e. The smallest absolute Gasteiger partial charge is 0.255 e. The molecule has 0 radical (unpaired) electrons. The first-order valence-corrected chi connectivity index (χ1v) is 11.3. The third-order valence-electron chi connectivity index (χ3n) is 4.83. The van der Waals surface area contributed by atoms with E-state index in [4.69, 9.17) is 9.47 Å². The molecule has 0 aliphatic carbocycles. The summed E-state index contributed by atoms with van der Waals surface area (Å²) < 4.78 is 35.9. The van der Waals surface area contributed by atoms with Crippen LogP contribution in [0.3, 0.4) is 0 Å². The second-order valence-electron chi connectivity index (χ2n) is 6.85. The summed E-state index contributed by atoms with van der Waals surface area (Å²) in [5, 5.41) is 2.84. The van der Waals surface area contributed by atoms with Gasteiger partial charge in [0.15, 0.2) is 11.5 Å². The first-order valence-electron chi connectivity index (χ1n) is 9.41. The van der Waals surface area contributed by atoms with Crippen LogP contribution in [0.15, 0.2) is 66.7 Å². The van der Waals surface area contributed by atoms with Gasteiger partial charge in [0, 0.05) is 12.6 Å². The highest BCUT2D eigenvalue weighted by Gasteiger charge is 2.19. The van der Waals surface area contributed by atoms with Gasteiger partial charge in [0.2, 0.25) is 10.0 Å². The van der Waals surface area contributed by atoms with Crippen molar-refractivity contribution in [3.63, 3.8) is 0 Å². The molecule has 3 aromatic carbocycles. The minimum atomic E-state index is -3.53. The van der Waals surface area contributed by atoms with Gasteiger partial charge >= 0.3 is 0 Å². The Bertz CT molecular complexity index is 1190. The Morgan fingerprint density at radius 1 is 0.871 bits per heavy atom. The molecule has 0 aliphatic rings. The number of amides is 1. The summed E-state index contributed by atoms with van der Waals surface area (Å²) in [6, 6.07) is 19.7. The molecule has 0 saturated carbocycles. The predicted octanol–water partition coefficient (Wildman–Crippen LogP) is 4.02. The Labute approximate surface area is 182 Å². The number of sulfonamides is 1. The fraction of sp³-hybridized carbons (Fsp3) is 0.174. The number of hydrogen-bond acceptors (Lipinski definition) is 5. The van der Waals surface area contributed by atoms with Crippen LogP contribution in [-0.4, -0.2) is 41.8 Å². The average Bonchev–Trinajstić information content (AvgIpc) is 2.78. The van der Waals surface area contributed by atoms with E-state index in [-0.39, 0.29) is 0 Å². The molecular weight excluding hydrogens is 416 g/mol. The molecule has 31 heavy (non-hydrogen) atoms. The van der Waals surface area contributed by atoms with Gasteiger partial charge in [-0.2, -0.15) is 0 Å². The van der Waals surface area contributed by atoms with Crippen molar-refractivity contribution in [3.05, 3.63) is 72.3 Å². The zero-order valence-corrected chi connectivity index (χ0v) is 18.6. The van der Waals surface area contributed by atoms with E-state index < -0.39 is 15.9 Å². The number of hydrogen-bond donors (Lipinski definition) is 1. The SMILES string of the molecule is COc1ccc(C(=O)Nc2cc(-c3ccccc3)ccc2N(C)S(C)(=O)=O)cc1OC. The molecule has 0 unspecified atom stereocenters. The number of rotatable bonds is 7. The van der Waals surface area contributed by atoms with Gasteiger partial charge in [-0.3, -0.25) is 9.10 Å². The van der Waals surface area contributed by atoms with Crippen molar-refractivity contribution >= 4 is 27.3 Å². The topological polar surface area (TPSA) is 84.9 Å². The molecule has 0 heterocycles. The fourth-order valence-electron chi connectivity index (χ4n) is 3.07. The minimum Gasteiger partial charge on any atom is -0.493 e. The van der Waals surface area contributed by atoms with Gasteiger partial charge in [0.25, 0.3) is 5.91 Å². The third-order valence-corrected chi connectivity index (χ3v) is 6.03. The van der Waals surface area contributed by atoms with Gasteiger partial charge in [-0.1, -0.05) is 36.4 Å². The number of methoxy groups -OCH3 is 2. The Hall–Kier alpha value is -3.52. The van der Waals surface area contributed by atoms with Crippen molar-refractivity contribution in [2.24, 2.45) is 0 Å². The molecule has 162 valence electrons. The summed E-state index contributed by atoms with van der Waals surface area (Å²) in [5.74, 6) is 0.513. The third kappa shape index (κ3) is 4.97. The lowest BCUT2D eigenvalue weighted by molar-refractivity contribution is 0.102. The van der Waals surface area contributed by atoms with E-state index in [0.717, 1.165) is 21.7 Å². The van der Waals surface area contributed by atoms with Crippen LogP contribution in [0.25, 0.3) is 11.1 Å². The van der Waals surface area contributed by atoms with Crippen LogP contribution >= 0.6 is 0 Å². The number of ether oxygens (including phenoxy) is 2. The maximum absolute atomic E-state index is 13.0. The van der Waals surface area contributed by atoms with E-state index in [2.05, 4.69) is 5.32 Å². The maximum Gasteiger partial charge on any atom is 0.255 e. The first-order chi connectivity index (χ1) is 14.7. The fourth-order valence-corrected chi connectivity index (χ4v) is 3.59. The molecule has 1 N–H and O–H groups in total. The zero-order chi connectivity index (χ0) is 22.6. The monoisotopic (exact) mass is 440 g/mol. The van der Waals surface area contributed by atoms with Gasteiger partial charge in [-0.25, -0.2) is 8.42 Å². The van der Waals surface area contributed by atoms with Gasteiger partial charge in [-0.05, 0) is 41.5 Å². The summed E-state index contributed by atoms with van der Waals surface area (Å²) in [7, 11) is 0.915. The Morgan fingerprint density at radius 3 is 2.16 bits per heavy atom. The zero-order valence-electron chi connectivity index (χ0n) is 17.7. The molecule has 0 aliphatic heterocycles. The molecule has 0 fully saturated rings. The molecule has 8 heteroatoms. The number of carbonyl (C=O) groups is 1. The summed E-state index contributed by atoms with van der Waals surface area (Å²) >= 11 is 0. The Kier molecular flexibility index (Phi) is 6.50. The van der Waals surface area contributed by atoms with Crippen LogP contribution in [0.4, 0.5) is 11.4 Å². The van der Waals surface area contributed by atoms with E-state index in [0.29, 0.717) is 28.4 Å². The van der Waals surface area contributed by atoms with E-state index in [9.17, 15) is 13.2 Å². The molecule has 0 aromatic heterocycles. The molecule has 0 saturated heterocycles. The van der Waals surface area contributed by atoms with E-state index in [1.54, 1.807) is 30.3 Å². The molecule has 7 nitrogen and oxygen atoms in total. The van der Waals surface area contributed by atoms with Crippen LogP contribution in [0, 0.1) is 0 Å². The normalized spacial score (nSPS) is 11.0. The van der Waals surface area contributed by atoms with Crippen molar-refractivity contribution in [2.75, 3.05) is 37.1 Å². The molecule has 0 spiro atoms. The van der Waals surface area contributed by atoms with Crippen LogP contribution in [-0.2, 0) is 10.0 Å². The Morgan fingerprint density at radius 2 is 1.55 bits per heavy atom. The maximum atomic E-state index is 13.0. The first kappa shape index (κ1) is 22.2. The van der Waals surface area contributed by atoms with E-state index in [1.165, 1.54) is 21.3 Å². The Balaban J connectivity index is 2.03. The number of nitrogens with zero attached hydrogens (tertiary/aromatic N) is 1. The van der Waals surface area contributed by atoms with Gasteiger partial charge in [0.05, 0.1) is 31.9 Å². The minimum absolute atomic E-state index is 0.343. The van der Waals surface area contributed by atoms with Crippen molar-refractivity contribution in [3.8, 4) is 22.6 Å². The highest BCUT2D eigenvalue weighted by atomic mass is 32.2. The van der Waals surface area contributed by atoms with Gasteiger partial charge < -0.3 is 14.8 Å². The summed E-state index contributed by atoms with van der Waals surface area (Å²) in [6.45, 7) is 0. The number of benzene rings is 3. The van der Waals surface area contributed by atoms with E-state index in [1.807, 2.05) is 36.4 Å². The van der Waals surface area contributed by atoms with Crippen LogP contribution in [0.2, 0.25) is 0 Å². The highest BCUT2D eigenvalue weighted by Crippen LogP contribution is 2.33. The molecular formula is C23H24N2O5S. The number of anilines is 2. The highest BCUT2D eigenvalue weighted by molar-refractivity contribution is 7.92. The van der Waals surface area contributed by atoms with Crippen LogP contribution in [0.1, 0.15) is 10.4 Å². The molecule has 3 rings (SSSR count). The summed E-state index contributed by atoms with van der Waals surface area (Å²) in [5.41, 5.74) is 2.85. The molecule has 0 bridgehead atoms. The van der Waals surface area contributed by atoms with Gasteiger partial charge in [0.1, 0.15) is 0 Å². The van der Waals surface area contributed by atoms with Crippen molar-refractivity contribution < 1.29 is 22.7 Å². The molecule has 1 amide bonds. The predicted molar refractivity (Wildman–Crippen MR) is 123 cm³/mol. The molecule has 3 aromatic rings. The van der Waals surface area contributed by atoms with Crippen LogP contribution < -0.4 is 19.1 Å². The standard InChI is InChI=1S/C23H24N2O5S/c1-25(31(4,27)28)20-12-10-17(16-8-6-5-7-9-16)14-19(20)24-23(26)18-11-13-21(29-2)22(15-18)30-3/h5-15H,1-4H3,(H,24,26). The van der Waals surface area contributed by atoms with Crippen LogP contribution in [0.5, 0.6) is 11.5 Å². The second kappa shape index (κ2) is 9.09. The lowest BCUT2D eigenvalue weighted by Gasteiger charge is -2.21. The van der Waals surface area contributed by atoms with Crippen molar-refractivity contribution in [1.29, 1.82) is 0 Å². The van der Waals surface area contributed by atoms with Crippen molar-refractivity contribution in [1.82, 2.24) is 0 Å². The van der Waals surface area contributed by atoms with Gasteiger partial charge in [-0.15, -0.1) is 0 Å². The summed E-state index contributed by atoms with van der Waals surface area (Å²) in [4.78, 5) is 13.0. The number of carbonyl (C=O) groups excluding carboxylic acids is 1. The quantitative estimate of drug-likeness (QED) is 0.600. The number of nitrogens with one attached hydrogen (secondary N) is 1. The lowest BCUT2D eigenvalue weighted by atomic mass is 10.0. The second-order valence-corrected chi connectivity index (χ2v) is 8.87. The average molecular weight is 441 g/mol. The summed E-state index contributed by atoms with van der Waals surface area (Å²) in [6.07, 6.45) is 1.11.